The van der Waals surface area contributed by atoms with Crippen molar-refractivity contribution in [2.45, 2.75) is 59.2 Å². The van der Waals surface area contributed by atoms with Gasteiger partial charge in [-0.1, -0.05) is 26.8 Å². The van der Waals surface area contributed by atoms with E-state index in [0.717, 1.165) is 17.0 Å². The number of rotatable bonds is 9. The van der Waals surface area contributed by atoms with E-state index in [1.807, 2.05) is 26.0 Å². The average Bonchev–Trinajstić information content (AvgIpc) is 3.07. The van der Waals surface area contributed by atoms with Gasteiger partial charge >= 0.3 is 5.97 Å². The Morgan fingerprint density at radius 3 is 2.52 bits per heavy atom. The molecule has 0 N–H and O–H groups in total. The van der Waals surface area contributed by atoms with Crippen LogP contribution in [0.15, 0.2) is 22.6 Å². The second-order valence-electron chi connectivity index (χ2n) is 7.71. The Morgan fingerprint density at radius 1 is 1.24 bits per heavy atom. The second kappa shape index (κ2) is 9.78. The van der Waals surface area contributed by atoms with Gasteiger partial charge in [-0.05, 0) is 25.5 Å². The van der Waals surface area contributed by atoms with E-state index in [0.29, 0.717) is 30.4 Å². The van der Waals surface area contributed by atoms with E-state index in [1.54, 1.807) is 13.2 Å². The highest BCUT2D eigenvalue weighted by Crippen LogP contribution is 2.28. The van der Waals surface area contributed by atoms with Crippen LogP contribution in [0.25, 0.3) is 0 Å². The topological polar surface area (TPSA) is 80.0 Å². The first-order valence-electron chi connectivity index (χ1n) is 9.65. The summed E-state index contributed by atoms with van der Waals surface area (Å²) in [6.45, 7) is 10.6. The van der Waals surface area contributed by atoms with Crippen LogP contribution < -0.4 is 9.47 Å². The van der Waals surface area contributed by atoms with Gasteiger partial charge in [0.25, 0.3) is 0 Å². The van der Waals surface area contributed by atoms with Crippen LogP contribution in [0, 0.1) is 6.92 Å². The quantitative estimate of drug-likeness (QED) is 0.584. The molecule has 1 unspecified atom stereocenters. The number of oxazole rings is 1. The maximum atomic E-state index is 11.9. The molecule has 0 aliphatic rings. The summed E-state index contributed by atoms with van der Waals surface area (Å²) in [5.41, 5.74) is 1.43. The first-order valence-corrected chi connectivity index (χ1v) is 9.65. The van der Waals surface area contributed by atoms with Crippen molar-refractivity contribution in [1.82, 2.24) is 4.98 Å². The van der Waals surface area contributed by atoms with Gasteiger partial charge in [0.2, 0.25) is 0 Å². The summed E-state index contributed by atoms with van der Waals surface area (Å²) in [5.74, 6) is 2.27. The molecule has 0 aliphatic carbocycles. The maximum Gasteiger partial charge on any atom is 0.335 e. The van der Waals surface area contributed by atoms with Crippen LogP contribution in [0.3, 0.4) is 0 Å². The Hall–Kier alpha value is -2.54. The molecule has 0 saturated heterocycles. The van der Waals surface area contributed by atoms with Crippen molar-refractivity contribution in [1.29, 1.82) is 0 Å². The van der Waals surface area contributed by atoms with E-state index in [1.165, 1.54) is 7.11 Å². The molecule has 0 radical (unpaired) electrons. The van der Waals surface area contributed by atoms with Crippen molar-refractivity contribution < 1.29 is 28.2 Å². The summed E-state index contributed by atoms with van der Waals surface area (Å²) in [5, 5.41) is 0. The molecule has 0 amide bonds. The number of carbonyl (C=O) groups is 1. The van der Waals surface area contributed by atoms with Gasteiger partial charge < -0.3 is 23.4 Å². The molecule has 1 aromatic carbocycles. The monoisotopic (exact) mass is 405 g/mol. The van der Waals surface area contributed by atoms with Crippen molar-refractivity contribution in [2.75, 3.05) is 20.8 Å². The van der Waals surface area contributed by atoms with Crippen LogP contribution in [-0.4, -0.2) is 37.9 Å². The van der Waals surface area contributed by atoms with Crippen LogP contribution in [-0.2, 0) is 32.7 Å². The Kier molecular flexibility index (Phi) is 7.67. The molecule has 0 bridgehead atoms. The highest BCUT2D eigenvalue weighted by atomic mass is 16.6. The lowest BCUT2D eigenvalue weighted by Crippen LogP contribution is -2.28. The molecule has 0 saturated carbocycles. The fourth-order valence-corrected chi connectivity index (χ4v) is 2.76. The Morgan fingerprint density at radius 2 is 1.97 bits per heavy atom. The predicted molar refractivity (Wildman–Crippen MR) is 108 cm³/mol. The standard InChI is InChI=1S/C22H31NO6/c1-8-27-19(20(24)26-7)11-15-9-10-16(12-18(15)25-6)28-13-17-14(2)29-21(23-17)22(3,4)5/h9-10,12,19H,8,11,13H2,1-7H3. The third-order valence-electron chi connectivity index (χ3n) is 4.41. The van der Waals surface area contributed by atoms with E-state index < -0.39 is 12.1 Å². The molecular weight excluding hydrogens is 374 g/mol. The van der Waals surface area contributed by atoms with Gasteiger partial charge in [-0.2, -0.15) is 0 Å². The number of benzene rings is 1. The molecule has 1 aromatic heterocycles. The first kappa shape index (κ1) is 22.7. The molecule has 2 aromatic rings. The van der Waals surface area contributed by atoms with Gasteiger partial charge in [-0.15, -0.1) is 0 Å². The fourth-order valence-electron chi connectivity index (χ4n) is 2.76. The summed E-state index contributed by atoms with van der Waals surface area (Å²) in [4.78, 5) is 16.5. The third-order valence-corrected chi connectivity index (χ3v) is 4.41. The SMILES string of the molecule is CCOC(Cc1ccc(OCc2nc(C(C)(C)C)oc2C)cc1OC)C(=O)OC. The zero-order valence-electron chi connectivity index (χ0n) is 18.3. The summed E-state index contributed by atoms with van der Waals surface area (Å²) < 4.78 is 27.4. The number of carbonyl (C=O) groups excluding carboxylic acids is 1. The lowest BCUT2D eigenvalue weighted by molar-refractivity contribution is -0.153. The lowest BCUT2D eigenvalue weighted by atomic mass is 9.97. The van der Waals surface area contributed by atoms with Crippen molar-refractivity contribution in [3.8, 4) is 11.5 Å². The number of methoxy groups -OCH3 is 2. The van der Waals surface area contributed by atoms with E-state index in [2.05, 4.69) is 25.8 Å². The van der Waals surface area contributed by atoms with Gasteiger partial charge in [0, 0.05) is 24.5 Å². The summed E-state index contributed by atoms with van der Waals surface area (Å²) in [6, 6.07) is 5.48. The van der Waals surface area contributed by atoms with Gasteiger partial charge in [0.15, 0.2) is 12.0 Å². The van der Waals surface area contributed by atoms with Crippen molar-refractivity contribution in [2.24, 2.45) is 0 Å². The number of nitrogens with zero attached hydrogens (tertiary/aromatic N) is 1. The molecule has 1 atom stereocenters. The summed E-state index contributed by atoms with van der Waals surface area (Å²) >= 11 is 0. The minimum Gasteiger partial charge on any atom is -0.496 e. The highest BCUT2D eigenvalue weighted by molar-refractivity contribution is 5.75. The lowest BCUT2D eigenvalue weighted by Gasteiger charge is -2.17. The zero-order chi connectivity index (χ0) is 21.6. The Labute approximate surface area is 172 Å². The molecule has 1 heterocycles. The molecule has 0 spiro atoms. The number of ether oxygens (including phenoxy) is 4. The van der Waals surface area contributed by atoms with Gasteiger partial charge in [-0.3, -0.25) is 0 Å². The number of aromatic nitrogens is 1. The minimum atomic E-state index is -0.681. The van der Waals surface area contributed by atoms with Crippen LogP contribution in [0.5, 0.6) is 11.5 Å². The van der Waals surface area contributed by atoms with Crippen LogP contribution in [0.2, 0.25) is 0 Å². The number of hydrogen-bond donors (Lipinski definition) is 0. The van der Waals surface area contributed by atoms with Gasteiger partial charge in [0.1, 0.15) is 29.6 Å². The molecule has 7 nitrogen and oxygen atoms in total. The molecule has 7 heteroatoms. The molecule has 2 rings (SSSR count). The summed E-state index contributed by atoms with van der Waals surface area (Å²) in [6.07, 6.45) is -0.333. The molecule has 0 aliphatic heterocycles. The minimum absolute atomic E-state index is 0.162. The van der Waals surface area contributed by atoms with Crippen molar-refractivity contribution in [3.05, 3.63) is 41.1 Å². The van der Waals surface area contributed by atoms with Crippen LogP contribution >= 0.6 is 0 Å². The van der Waals surface area contributed by atoms with E-state index in [9.17, 15) is 4.79 Å². The largest absolute Gasteiger partial charge is 0.496 e. The normalized spacial score (nSPS) is 12.5. The third kappa shape index (κ3) is 5.97. The molecular formula is C22H31NO6. The molecule has 29 heavy (non-hydrogen) atoms. The highest BCUT2D eigenvalue weighted by Gasteiger charge is 2.23. The fraction of sp³-hybridized carbons (Fsp3) is 0.545. The number of aryl methyl sites for hydroxylation is 1. The predicted octanol–water partition coefficient (Wildman–Crippen LogP) is 3.99. The Balaban J connectivity index is 2.12. The Bertz CT molecular complexity index is 821. The summed E-state index contributed by atoms with van der Waals surface area (Å²) in [7, 11) is 2.92. The second-order valence-corrected chi connectivity index (χ2v) is 7.71. The molecule has 0 fully saturated rings. The number of hydrogen-bond acceptors (Lipinski definition) is 7. The van der Waals surface area contributed by atoms with E-state index in [4.69, 9.17) is 23.4 Å². The smallest absolute Gasteiger partial charge is 0.335 e. The number of esters is 1. The van der Waals surface area contributed by atoms with Gasteiger partial charge in [0.05, 0.1) is 14.2 Å². The van der Waals surface area contributed by atoms with Crippen LogP contribution in [0.4, 0.5) is 0 Å². The van der Waals surface area contributed by atoms with E-state index in [-0.39, 0.29) is 12.0 Å². The van der Waals surface area contributed by atoms with Crippen molar-refractivity contribution in [3.63, 3.8) is 0 Å². The zero-order valence-corrected chi connectivity index (χ0v) is 18.3. The van der Waals surface area contributed by atoms with Crippen molar-refractivity contribution >= 4 is 5.97 Å². The molecule has 160 valence electrons. The van der Waals surface area contributed by atoms with Crippen LogP contribution in [0.1, 0.15) is 50.6 Å². The average molecular weight is 405 g/mol. The first-order chi connectivity index (χ1) is 13.7. The van der Waals surface area contributed by atoms with Gasteiger partial charge in [-0.25, -0.2) is 9.78 Å². The van der Waals surface area contributed by atoms with E-state index >= 15 is 0 Å². The maximum absolute atomic E-state index is 11.9.